The van der Waals surface area contributed by atoms with Crippen LogP contribution in [0.3, 0.4) is 0 Å². The number of nitrogens with zero attached hydrogens (tertiary/aromatic N) is 2. The van der Waals surface area contributed by atoms with Gasteiger partial charge in [-0.1, -0.05) is 24.3 Å². The van der Waals surface area contributed by atoms with Gasteiger partial charge in [-0.3, -0.25) is 9.78 Å². The summed E-state index contributed by atoms with van der Waals surface area (Å²) in [5.41, 5.74) is 4.37. The fourth-order valence-electron chi connectivity index (χ4n) is 5.53. The number of benzene rings is 2. The first-order chi connectivity index (χ1) is 17.5. The summed E-state index contributed by atoms with van der Waals surface area (Å²) >= 11 is 0. The summed E-state index contributed by atoms with van der Waals surface area (Å²) in [5, 5.41) is 21.8. The van der Waals surface area contributed by atoms with Crippen molar-refractivity contribution in [3.8, 4) is 5.75 Å². The lowest BCUT2D eigenvalue weighted by Crippen LogP contribution is -2.44. The van der Waals surface area contributed by atoms with Crippen LogP contribution in [-0.2, 0) is 11.2 Å². The highest BCUT2D eigenvalue weighted by molar-refractivity contribution is 5.83. The number of hydrogen-bond donors (Lipinski definition) is 2. The average Bonchev–Trinajstić information content (AvgIpc) is 2.90. The molecule has 1 unspecified atom stereocenters. The second-order valence-corrected chi connectivity index (χ2v) is 10.1. The van der Waals surface area contributed by atoms with Crippen molar-refractivity contribution in [3.05, 3.63) is 71.4 Å². The number of carboxylic acid groups (broad SMARTS) is 1. The van der Waals surface area contributed by atoms with E-state index in [2.05, 4.69) is 41.1 Å². The van der Waals surface area contributed by atoms with Gasteiger partial charge in [-0.15, -0.1) is 0 Å². The molecule has 3 aromatic rings. The van der Waals surface area contributed by atoms with Gasteiger partial charge in [-0.2, -0.15) is 0 Å². The van der Waals surface area contributed by atoms with Crippen LogP contribution in [0.2, 0.25) is 0 Å². The largest absolute Gasteiger partial charge is 0.497 e. The number of hydrogen-bond acceptors (Lipinski definition) is 5. The molecule has 0 bridgehead atoms. The van der Waals surface area contributed by atoms with E-state index in [1.807, 2.05) is 24.3 Å². The van der Waals surface area contributed by atoms with Crippen LogP contribution in [0.1, 0.15) is 54.9 Å². The van der Waals surface area contributed by atoms with E-state index in [-0.39, 0.29) is 5.92 Å². The molecular formula is C30H38N2O4. The number of carbonyl (C=O) groups is 1. The zero-order chi connectivity index (χ0) is 25.5. The first-order valence-electron chi connectivity index (χ1n) is 13.1. The predicted octanol–water partition coefficient (Wildman–Crippen LogP) is 5.41. The van der Waals surface area contributed by atoms with Crippen molar-refractivity contribution in [2.75, 3.05) is 26.7 Å². The highest BCUT2D eigenvalue weighted by atomic mass is 16.5. The molecule has 0 aliphatic carbocycles. The molecule has 36 heavy (non-hydrogen) atoms. The molecule has 0 radical (unpaired) electrons. The monoisotopic (exact) mass is 490 g/mol. The number of likely N-dealkylation sites (tertiary alicyclic amines) is 1. The highest BCUT2D eigenvalue weighted by Crippen LogP contribution is 2.33. The molecular weight excluding hydrogens is 452 g/mol. The minimum Gasteiger partial charge on any atom is -0.497 e. The Morgan fingerprint density at radius 1 is 1.19 bits per heavy atom. The van der Waals surface area contributed by atoms with Crippen LogP contribution in [0, 0.1) is 18.8 Å². The Morgan fingerprint density at radius 2 is 2.03 bits per heavy atom. The fraction of sp³-hybridized carbons (Fsp3) is 0.467. The third kappa shape index (κ3) is 6.42. The van der Waals surface area contributed by atoms with Crippen LogP contribution < -0.4 is 4.74 Å². The van der Waals surface area contributed by atoms with E-state index in [1.54, 1.807) is 13.3 Å². The molecule has 3 atom stereocenters. The Labute approximate surface area is 213 Å². The number of ether oxygens (including phenoxy) is 1. The molecule has 1 aliphatic heterocycles. The van der Waals surface area contributed by atoms with E-state index >= 15 is 0 Å². The minimum atomic E-state index is -0.724. The molecule has 1 fully saturated rings. The molecule has 1 aromatic heterocycles. The van der Waals surface area contributed by atoms with Crippen molar-refractivity contribution in [1.29, 1.82) is 0 Å². The second-order valence-electron chi connectivity index (χ2n) is 10.1. The normalized spacial score (nSPS) is 19.3. The van der Waals surface area contributed by atoms with Gasteiger partial charge in [-0.25, -0.2) is 0 Å². The number of piperidine rings is 1. The molecule has 6 nitrogen and oxygen atoms in total. The quantitative estimate of drug-likeness (QED) is 0.350. The van der Waals surface area contributed by atoms with E-state index in [0.717, 1.165) is 61.0 Å². The van der Waals surface area contributed by atoms with Crippen LogP contribution in [0.5, 0.6) is 5.75 Å². The van der Waals surface area contributed by atoms with E-state index in [0.29, 0.717) is 19.4 Å². The average molecular weight is 491 g/mol. The summed E-state index contributed by atoms with van der Waals surface area (Å²) in [6.45, 7) is 4.61. The molecule has 2 heterocycles. The van der Waals surface area contributed by atoms with Gasteiger partial charge < -0.3 is 19.8 Å². The molecule has 4 rings (SSSR count). The lowest BCUT2D eigenvalue weighted by Gasteiger charge is -2.37. The summed E-state index contributed by atoms with van der Waals surface area (Å²) < 4.78 is 5.35. The number of unbranched alkanes of at least 4 members (excludes halogenated alkanes) is 1. The summed E-state index contributed by atoms with van der Waals surface area (Å²) in [6, 6.07) is 16.0. The van der Waals surface area contributed by atoms with Gasteiger partial charge in [0.05, 0.1) is 24.6 Å². The van der Waals surface area contributed by atoms with Gasteiger partial charge in [0.2, 0.25) is 0 Å². The van der Waals surface area contributed by atoms with Gasteiger partial charge in [0, 0.05) is 18.1 Å². The maximum Gasteiger partial charge on any atom is 0.308 e. The SMILES string of the molecule is COc1ccc2nccc(C(O)CC[C@@H]3CCN(CCCCc4ccccc4C)C[C@@H]3C(=O)O)c2c1. The highest BCUT2D eigenvalue weighted by Gasteiger charge is 2.34. The Hall–Kier alpha value is -2.96. The number of aliphatic carboxylic acids is 1. The molecule has 0 spiro atoms. The van der Waals surface area contributed by atoms with Crippen molar-refractivity contribution >= 4 is 16.9 Å². The number of pyridine rings is 1. The van der Waals surface area contributed by atoms with Crippen LogP contribution >= 0.6 is 0 Å². The standard InChI is InChI=1S/C30H38N2O4/c1-21-7-3-4-8-22(21)9-5-6-17-32-18-15-23(27(20-32)30(34)35)10-13-29(33)25-14-16-31-28-12-11-24(36-2)19-26(25)28/h3-4,7-8,11-12,14,16,19,23,27,29,33H,5-6,9-10,13,15,17-18,20H2,1-2H3,(H,34,35)/t23-,27+,29?/m1/s1. The van der Waals surface area contributed by atoms with Crippen molar-refractivity contribution in [3.63, 3.8) is 0 Å². The van der Waals surface area contributed by atoms with Crippen LogP contribution in [0.4, 0.5) is 0 Å². The number of aliphatic hydroxyl groups is 1. The molecule has 0 saturated carbocycles. The van der Waals surface area contributed by atoms with Gasteiger partial charge in [0.25, 0.3) is 0 Å². The van der Waals surface area contributed by atoms with Gasteiger partial charge >= 0.3 is 5.97 Å². The second kappa shape index (κ2) is 12.3. The number of aromatic nitrogens is 1. The van der Waals surface area contributed by atoms with Crippen LogP contribution in [-0.4, -0.2) is 52.8 Å². The van der Waals surface area contributed by atoms with Crippen molar-refractivity contribution in [2.45, 2.75) is 51.6 Å². The fourth-order valence-corrected chi connectivity index (χ4v) is 5.53. The number of aryl methyl sites for hydroxylation is 2. The third-order valence-corrected chi connectivity index (χ3v) is 7.74. The maximum atomic E-state index is 12.1. The van der Waals surface area contributed by atoms with Crippen molar-refractivity contribution < 1.29 is 19.7 Å². The summed E-state index contributed by atoms with van der Waals surface area (Å²) in [5.74, 6) is -0.320. The first kappa shape index (κ1) is 26.1. The van der Waals surface area contributed by atoms with Gasteiger partial charge in [0.1, 0.15) is 5.75 Å². The number of methoxy groups -OCH3 is 1. The lowest BCUT2D eigenvalue weighted by molar-refractivity contribution is -0.146. The van der Waals surface area contributed by atoms with Gasteiger partial charge in [0.15, 0.2) is 0 Å². The summed E-state index contributed by atoms with van der Waals surface area (Å²) in [6.07, 6.45) is 6.36. The smallest absolute Gasteiger partial charge is 0.308 e. The number of aliphatic hydroxyl groups excluding tert-OH is 1. The Bertz CT molecular complexity index is 1160. The van der Waals surface area contributed by atoms with E-state index in [4.69, 9.17) is 4.74 Å². The molecule has 2 N–H and O–H groups in total. The summed E-state index contributed by atoms with van der Waals surface area (Å²) in [4.78, 5) is 18.8. The molecule has 0 amide bonds. The van der Waals surface area contributed by atoms with Crippen LogP contribution in [0.25, 0.3) is 10.9 Å². The van der Waals surface area contributed by atoms with E-state index in [9.17, 15) is 15.0 Å². The zero-order valence-electron chi connectivity index (χ0n) is 21.4. The van der Waals surface area contributed by atoms with Crippen molar-refractivity contribution in [2.24, 2.45) is 11.8 Å². The Morgan fingerprint density at radius 3 is 2.81 bits per heavy atom. The van der Waals surface area contributed by atoms with Crippen LogP contribution in [0.15, 0.2) is 54.7 Å². The topological polar surface area (TPSA) is 82.9 Å². The van der Waals surface area contributed by atoms with Crippen molar-refractivity contribution in [1.82, 2.24) is 9.88 Å². The summed E-state index contributed by atoms with van der Waals surface area (Å²) in [7, 11) is 1.62. The Kier molecular flexibility index (Phi) is 8.94. The maximum absolute atomic E-state index is 12.1. The van der Waals surface area contributed by atoms with Gasteiger partial charge in [-0.05, 0) is 105 Å². The Balaban J connectivity index is 1.30. The van der Waals surface area contributed by atoms with E-state index < -0.39 is 18.0 Å². The molecule has 2 aromatic carbocycles. The minimum absolute atomic E-state index is 0.0722. The molecule has 1 saturated heterocycles. The lowest BCUT2D eigenvalue weighted by atomic mass is 9.81. The van der Waals surface area contributed by atoms with E-state index in [1.165, 1.54) is 11.1 Å². The molecule has 6 heteroatoms. The number of rotatable bonds is 11. The number of fused-ring (bicyclic) bond motifs is 1. The third-order valence-electron chi connectivity index (χ3n) is 7.74. The first-order valence-corrected chi connectivity index (χ1v) is 13.1. The molecule has 1 aliphatic rings. The molecule has 192 valence electrons. The predicted molar refractivity (Wildman–Crippen MR) is 142 cm³/mol. The zero-order valence-corrected chi connectivity index (χ0v) is 21.4. The number of carboxylic acids is 1.